The van der Waals surface area contributed by atoms with Crippen LogP contribution in [0.2, 0.25) is 0 Å². The minimum Gasteiger partial charge on any atom is -0.324 e. The SMILES string of the molecule is Cc1cc(C(N)C2CC3CC3C2)c(C)s1. The van der Waals surface area contributed by atoms with Gasteiger partial charge in [0.05, 0.1) is 0 Å². The van der Waals surface area contributed by atoms with Crippen molar-refractivity contribution in [2.45, 2.75) is 39.2 Å². The molecule has 2 saturated carbocycles. The lowest BCUT2D eigenvalue weighted by Gasteiger charge is -2.20. The summed E-state index contributed by atoms with van der Waals surface area (Å²) in [6.07, 6.45) is 4.27. The Bertz CT molecular complexity index is 372. The summed E-state index contributed by atoms with van der Waals surface area (Å²) < 4.78 is 0. The lowest BCUT2D eigenvalue weighted by Crippen LogP contribution is -2.20. The Hall–Kier alpha value is -0.340. The molecule has 0 bridgehead atoms. The highest BCUT2D eigenvalue weighted by Gasteiger charge is 2.47. The van der Waals surface area contributed by atoms with Crippen LogP contribution in [0.1, 0.15) is 40.6 Å². The first kappa shape index (κ1) is 9.86. The fourth-order valence-corrected chi connectivity index (χ4v) is 4.27. The summed E-state index contributed by atoms with van der Waals surface area (Å²) >= 11 is 1.89. The van der Waals surface area contributed by atoms with Crippen LogP contribution in [0.25, 0.3) is 0 Å². The molecule has 15 heavy (non-hydrogen) atoms. The predicted octanol–water partition coefficient (Wildman–Crippen LogP) is 3.41. The molecule has 2 aliphatic carbocycles. The van der Waals surface area contributed by atoms with Gasteiger partial charge in [-0.3, -0.25) is 0 Å². The highest BCUT2D eigenvalue weighted by Crippen LogP contribution is 2.57. The lowest BCUT2D eigenvalue weighted by atomic mass is 9.90. The van der Waals surface area contributed by atoms with Crippen LogP contribution in [0.5, 0.6) is 0 Å². The van der Waals surface area contributed by atoms with E-state index >= 15 is 0 Å². The van der Waals surface area contributed by atoms with Gasteiger partial charge < -0.3 is 5.73 Å². The van der Waals surface area contributed by atoms with Crippen LogP contribution in [-0.2, 0) is 0 Å². The first-order chi connectivity index (χ1) is 7.15. The third-order valence-corrected chi connectivity index (χ3v) is 5.21. The largest absolute Gasteiger partial charge is 0.324 e. The molecule has 0 aliphatic heterocycles. The van der Waals surface area contributed by atoms with Gasteiger partial charge in [0.25, 0.3) is 0 Å². The highest BCUT2D eigenvalue weighted by atomic mass is 32.1. The van der Waals surface area contributed by atoms with Gasteiger partial charge in [-0.1, -0.05) is 0 Å². The predicted molar refractivity (Wildman–Crippen MR) is 65.0 cm³/mol. The molecule has 2 fully saturated rings. The minimum absolute atomic E-state index is 0.308. The smallest absolute Gasteiger partial charge is 0.0334 e. The Morgan fingerprint density at radius 3 is 2.47 bits per heavy atom. The Morgan fingerprint density at radius 2 is 1.93 bits per heavy atom. The lowest BCUT2D eigenvalue weighted by molar-refractivity contribution is 0.404. The number of nitrogens with two attached hydrogens (primary N) is 1. The molecule has 3 atom stereocenters. The molecule has 1 aromatic heterocycles. The van der Waals surface area contributed by atoms with Gasteiger partial charge in [-0.15, -0.1) is 11.3 Å². The molecule has 1 aromatic rings. The van der Waals surface area contributed by atoms with E-state index in [-0.39, 0.29) is 0 Å². The molecule has 0 saturated heterocycles. The molecule has 0 spiro atoms. The number of fused-ring (bicyclic) bond motifs is 1. The molecule has 0 aromatic carbocycles. The van der Waals surface area contributed by atoms with E-state index in [0.29, 0.717) is 6.04 Å². The van der Waals surface area contributed by atoms with Gasteiger partial charge in [0.2, 0.25) is 0 Å². The standard InChI is InChI=1S/C13H19NS/c1-7-3-12(8(2)15-7)13(14)11-5-9-4-10(9)6-11/h3,9-11,13H,4-6,14H2,1-2H3. The summed E-state index contributed by atoms with van der Waals surface area (Å²) in [6.45, 7) is 4.39. The Balaban J connectivity index is 1.78. The molecule has 2 heteroatoms. The second-order valence-corrected chi connectivity index (χ2v) is 6.84. The quantitative estimate of drug-likeness (QED) is 0.813. The first-order valence-corrected chi connectivity index (χ1v) is 6.79. The Kier molecular flexibility index (Phi) is 2.18. The van der Waals surface area contributed by atoms with E-state index in [1.165, 1.54) is 34.6 Å². The minimum atomic E-state index is 0.308. The fourth-order valence-electron chi connectivity index (χ4n) is 3.29. The number of hydrogen-bond donors (Lipinski definition) is 1. The van der Waals surface area contributed by atoms with Crippen LogP contribution in [-0.4, -0.2) is 0 Å². The van der Waals surface area contributed by atoms with Gasteiger partial charge in [0, 0.05) is 15.8 Å². The highest BCUT2D eigenvalue weighted by molar-refractivity contribution is 7.12. The van der Waals surface area contributed by atoms with E-state index in [4.69, 9.17) is 5.73 Å². The van der Waals surface area contributed by atoms with Crippen LogP contribution < -0.4 is 5.73 Å². The number of rotatable bonds is 2. The molecule has 2 aliphatic rings. The van der Waals surface area contributed by atoms with E-state index in [9.17, 15) is 0 Å². The third kappa shape index (κ3) is 1.64. The Morgan fingerprint density at radius 1 is 1.27 bits per heavy atom. The molecule has 2 N–H and O–H groups in total. The van der Waals surface area contributed by atoms with E-state index in [2.05, 4.69) is 19.9 Å². The molecular weight excluding hydrogens is 202 g/mol. The summed E-state index contributed by atoms with van der Waals surface area (Å²) in [5.41, 5.74) is 7.82. The molecular formula is C13H19NS. The van der Waals surface area contributed by atoms with E-state index < -0.39 is 0 Å². The fraction of sp³-hybridized carbons (Fsp3) is 0.692. The molecule has 3 unspecified atom stereocenters. The van der Waals surface area contributed by atoms with Crippen molar-refractivity contribution in [1.29, 1.82) is 0 Å². The summed E-state index contributed by atoms with van der Waals surface area (Å²) in [5.74, 6) is 2.85. The molecule has 0 radical (unpaired) electrons. The van der Waals surface area contributed by atoms with Crippen molar-refractivity contribution in [2.75, 3.05) is 0 Å². The maximum atomic E-state index is 6.40. The van der Waals surface area contributed by atoms with Crippen molar-refractivity contribution in [3.63, 3.8) is 0 Å². The second-order valence-electron chi connectivity index (χ2n) is 5.38. The second kappa shape index (κ2) is 3.33. The van der Waals surface area contributed by atoms with Crippen molar-refractivity contribution in [3.8, 4) is 0 Å². The van der Waals surface area contributed by atoms with Crippen LogP contribution in [0, 0.1) is 31.6 Å². The molecule has 82 valence electrons. The van der Waals surface area contributed by atoms with E-state index in [1.54, 1.807) is 0 Å². The van der Waals surface area contributed by atoms with Gasteiger partial charge in [-0.25, -0.2) is 0 Å². The van der Waals surface area contributed by atoms with Crippen LogP contribution in [0.15, 0.2) is 6.07 Å². The molecule has 3 rings (SSSR count). The monoisotopic (exact) mass is 221 g/mol. The third-order valence-electron chi connectivity index (χ3n) is 4.23. The number of thiophene rings is 1. The van der Waals surface area contributed by atoms with Gasteiger partial charge >= 0.3 is 0 Å². The topological polar surface area (TPSA) is 26.0 Å². The Labute approximate surface area is 95.7 Å². The zero-order chi connectivity index (χ0) is 10.6. The van der Waals surface area contributed by atoms with Crippen LogP contribution in [0.3, 0.4) is 0 Å². The van der Waals surface area contributed by atoms with Crippen LogP contribution in [0.4, 0.5) is 0 Å². The van der Waals surface area contributed by atoms with Crippen molar-refractivity contribution in [3.05, 3.63) is 21.4 Å². The van der Waals surface area contributed by atoms with Crippen LogP contribution >= 0.6 is 11.3 Å². The molecule has 1 nitrogen and oxygen atoms in total. The molecule has 1 heterocycles. The zero-order valence-corrected chi connectivity index (χ0v) is 10.3. The maximum absolute atomic E-state index is 6.40. The first-order valence-electron chi connectivity index (χ1n) is 5.97. The normalized spacial score (nSPS) is 35.3. The van der Waals surface area contributed by atoms with Gasteiger partial charge in [-0.05, 0) is 62.5 Å². The summed E-state index contributed by atoms with van der Waals surface area (Å²) in [7, 11) is 0. The molecule has 0 amide bonds. The average molecular weight is 221 g/mol. The summed E-state index contributed by atoms with van der Waals surface area (Å²) in [4.78, 5) is 2.83. The van der Waals surface area contributed by atoms with Crippen molar-refractivity contribution >= 4 is 11.3 Å². The van der Waals surface area contributed by atoms with Gasteiger partial charge in [0.15, 0.2) is 0 Å². The number of aryl methyl sites for hydroxylation is 2. The van der Waals surface area contributed by atoms with E-state index in [0.717, 1.165) is 17.8 Å². The van der Waals surface area contributed by atoms with Crippen molar-refractivity contribution < 1.29 is 0 Å². The van der Waals surface area contributed by atoms with E-state index in [1.807, 2.05) is 11.3 Å². The summed E-state index contributed by atoms with van der Waals surface area (Å²) in [6, 6.07) is 2.61. The maximum Gasteiger partial charge on any atom is 0.0334 e. The van der Waals surface area contributed by atoms with Gasteiger partial charge in [-0.2, -0.15) is 0 Å². The number of hydrogen-bond acceptors (Lipinski definition) is 2. The zero-order valence-electron chi connectivity index (χ0n) is 9.49. The van der Waals surface area contributed by atoms with Crippen molar-refractivity contribution in [1.82, 2.24) is 0 Å². The summed E-state index contributed by atoms with van der Waals surface area (Å²) in [5, 5.41) is 0. The van der Waals surface area contributed by atoms with Gasteiger partial charge in [0.1, 0.15) is 0 Å². The van der Waals surface area contributed by atoms with Crippen molar-refractivity contribution in [2.24, 2.45) is 23.5 Å². The average Bonchev–Trinajstić information content (AvgIpc) is 2.65.